The Balaban J connectivity index is 2.11. The number of benzene rings is 3. The molecule has 1 aromatic heterocycles. The summed E-state index contributed by atoms with van der Waals surface area (Å²) in [7, 11) is 0. The molecule has 0 aliphatic heterocycles. The highest BCUT2D eigenvalue weighted by atomic mass is 19.4. The number of aromatic nitrogens is 1. The monoisotopic (exact) mass is 351 g/mol. The first-order valence-electron chi connectivity index (χ1n) is 8.31. The van der Waals surface area contributed by atoms with Crippen LogP contribution in [0, 0.1) is 13.8 Å². The van der Waals surface area contributed by atoms with E-state index in [-0.39, 0.29) is 5.69 Å². The Morgan fingerprint density at radius 3 is 2.15 bits per heavy atom. The van der Waals surface area contributed by atoms with E-state index < -0.39 is 11.7 Å². The first kappa shape index (κ1) is 16.6. The van der Waals surface area contributed by atoms with Crippen LogP contribution in [0.4, 0.5) is 13.2 Å². The van der Waals surface area contributed by atoms with Gasteiger partial charge in [0.15, 0.2) is 0 Å². The first-order valence-corrected chi connectivity index (χ1v) is 8.31. The maximum Gasteiger partial charge on any atom is 0.418 e. The van der Waals surface area contributed by atoms with Gasteiger partial charge >= 0.3 is 6.18 Å². The van der Waals surface area contributed by atoms with Crippen LogP contribution in [0.5, 0.6) is 0 Å². The number of hydrogen-bond acceptors (Lipinski definition) is 1. The Kier molecular flexibility index (Phi) is 3.72. The second-order valence-electron chi connectivity index (χ2n) is 6.61. The fraction of sp³-hybridized carbons (Fsp3) is 0.136. The second kappa shape index (κ2) is 5.84. The molecule has 0 radical (unpaired) electrons. The summed E-state index contributed by atoms with van der Waals surface area (Å²) >= 11 is 0. The predicted octanol–water partition coefficient (Wildman–Crippen LogP) is 6.69. The average Bonchev–Trinajstić information content (AvgIpc) is 2.59. The maximum atomic E-state index is 13.8. The van der Waals surface area contributed by atoms with Gasteiger partial charge in [0.05, 0.1) is 16.8 Å². The lowest BCUT2D eigenvalue weighted by atomic mass is 9.97. The fourth-order valence-corrected chi connectivity index (χ4v) is 3.47. The molecule has 1 nitrogen and oxygen atoms in total. The minimum absolute atomic E-state index is 0.0212. The summed E-state index contributed by atoms with van der Waals surface area (Å²) in [4.78, 5) is 4.42. The van der Waals surface area contributed by atoms with Crippen LogP contribution in [0.2, 0.25) is 0 Å². The Bertz CT molecular complexity index is 1120. The van der Waals surface area contributed by atoms with Crippen LogP contribution in [0.3, 0.4) is 0 Å². The van der Waals surface area contributed by atoms with Gasteiger partial charge in [0, 0.05) is 10.9 Å². The van der Waals surface area contributed by atoms with Crippen molar-refractivity contribution in [3.05, 3.63) is 77.4 Å². The smallest absolute Gasteiger partial charge is 0.247 e. The van der Waals surface area contributed by atoms with E-state index in [0.29, 0.717) is 16.5 Å². The number of nitrogens with zero attached hydrogens (tertiary/aromatic N) is 1. The van der Waals surface area contributed by atoms with Crippen molar-refractivity contribution in [2.45, 2.75) is 20.0 Å². The summed E-state index contributed by atoms with van der Waals surface area (Å²) in [6.45, 7) is 3.75. The van der Waals surface area contributed by atoms with E-state index in [2.05, 4.69) is 4.98 Å². The Morgan fingerprint density at radius 1 is 0.769 bits per heavy atom. The molecule has 0 spiro atoms. The highest BCUT2D eigenvalue weighted by Gasteiger charge is 2.35. The van der Waals surface area contributed by atoms with Crippen molar-refractivity contribution in [3.8, 4) is 11.3 Å². The molecule has 0 unspecified atom stereocenters. The van der Waals surface area contributed by atoms with Gasteiger partial charge < -0.3 is 0 Å². The number of fused-ring (bicyclic) bond motifs is 3. The van der Waals surface area contributed by atoms with Crippen LogP contribution in [0.25, 0.3) is 32.9 Å². The van der Waals surface area contributed by atoms with Gasteiger partial charge in [0.2, 0.25) is 0 Å². The lowest BCUT2D eigenvalue weighted by Gasteiger charge is -2.15. The molecule has 0 aliphatic carbocycles. The molecule has 0 amide bonds. The summed E-state index contributed by atoms with van der Waals surface area (Å²) < 4.78 is 41.5. The largest absolute Gasteiger partial charge is 0.418 e. The normalized spacial score (nSPS) is 12.0. The molecule has 4 rings (SSSR count). The number of aryl methyl sites for hydroxylation is 2. The minimum atomic E-state index is -4.48. The molecule has 130 valence electrons. The third-order valence-electron chi connectivity index (χ3n) is 4.52. The van der Waals surface area contributed by atoms with Crippen molar-refractivity contribution in [2.24, 2.45) is 0 Å². The van der Waals surface area contributed by atoms with Gasteiger partial charge in [-0.3, -0.25) is 0 Å². The molecule has 1 heterocycles. The SMILES string of the molecule is Cc1cc(C)cc(-c2nc3ccc4ccccc4c3cc2C(F)(F)F)c1. The van der Waals surface area contributed by atoms with Gasteiger partial charge in [-0.1, -0.05) is 47.5 Å². The zero-order valence-corrected chi connectivity index (χ0v) is 14.4. The number of hydrogen-bond donors (Lipinski definition) is 0. The summed E-state index contributed by atoms with van der Waals surface area (Å²) in [6.07, 6.45) is -4.48. The predicted molar refractivity (Wildman–Crippen MR) is 99.2 cm³/mol. The summed E-state index contributed by atoms with van der Waals surface area (Å²) in [6, 6.07) is 17.8. The van der Waals surface area contributed by atoms with E-state index in [1.807, 2.05) is 50.2 Å². The molecule has 0 aliphatic rings. The van der Waals surface area contributed by atoms with Gasteiger partial charge in [-0.05, 0) is 48.9 Å². The number of alkyl halides is 3. The molecule has 0 atom stereocenters. The third-order valence-corrected chi connectivity index (χ3v) is 4.52. The number of rotatable bonds is 1. The van der Waals surface area contributed by atoms with E-state index in [1.165, 1.54) is 6.07 Å². The van der Waals surface area contributed by atoms with Gasteiger partial charge in [-0.25, -0.2) is 4.98 Å². The van der Waals surface area contributed by atoms with Crippen LogP contribution >= 0.6 is 0 Å². The van der Waals surface area contributed by atoms with Crippen LogP contribution in [-0.2, 0) is 6.18 Å². The molecule has 26 heavy (non-hydrogen) atoms. The van der Waals surface area contributed by atoms with Crippen molar-refractivity contribution in [3.63, 3.8) is 0 Å². The van der Waals surface area contributed by atoms with E-state index in [1.54, 1.807) is 18.2 Å². The minimum Gasteiger partial charge on any atom is -0.247 e. The molecule has 3 aromatic carbocycles. The Morgan fingerprint density at radius 2 is 1.46 bits per heavy atom. The molecule has 0 saturated heterocycles. The highest BCUT2D eigenvalue weighted by molar-refractivity contribution is 6.07. The van der Waals surface area contributed by atoms with E-state index >= 15 is 0 Å². The standard InChI is InChI=1S/C22H16F3N/c1-13-9-14(2)11-16(10-13)21-19(22(23,24)25)12-18-17-6-4-3-5-15(17)7-8-20(18)26-21/h3-12H,1-2H3. The molecule has 0 fully saturated rings. The van der Waals surface area contributed by atoms with Crippen LogP contribution < -0.4 is 0 Å². The van der Waals surface area contributed by atoms with E-state index in [9.17, 15) is 13.2 Å². The van der Waals surface area contributed by atoms with Gasteiger partial charge in [-0.2, -0.15) is 13.2 Å². The van der Waals surface area contributed by atoms with Crippen LogP contribution in [0.15, 0.2) is 60.7 Å². The zero-order valence-electron chi connectivity index (χ0n) is 14.4. The third kappa shape index (κ3) is 2.81. The molecular weight excluding hydrogens is 335 g/mol. The molecular formula is C22H16F3N. The Labute approximate surface area is 149 Å². The topological polar surface area (TPSA) is 12.9 Å². The average molecular weight is 351 g/mol. The van der Waals surface area contributed by atoms with Crippen LogP contribution in [0.1, 0.15) is 16.7 Å². The molecule has 0 bridgehead atoms. The van der Waals surface area contributed by atoms with Gasteiger partial charge in [0.25, 0.3) is 0 Å². The van der Waals surface area contributed by atoms with Crippen LogP contribution in [-0.4, -0.2) is 4.98 Å². The Hall–Kier alpha value is -2.88. The first-order chi connectivity index (χ1) is 12.3. The van der Waals surface area contributed by atoms with Crippen molar-refractivity contribution < 1.29 is 13.2 Å². The second-order valence-corrected chi connectivity index (χ2v) is 6.61. The number of halogens is 3. The summed E-state index contributed by atoms with van der Waals surface area (Å²) in [5.41, 5.74) is 2.15. The van der Waals surface area contributed by atoms with Gasteiger partial charge in [0.1, 0.15) is 0 Å². The van der Waals surface area contributed by atoms with E-state index in [0.717, 1.165) is 21.9 Å². The molecule has 4 aromatic rings. The fourth-order valence-electron chi connectivity index (χ4n) is 3.47. The maximum absolute atomic E-state index is 13.8. The van der Waals surface area contributed by atoms with Crippen molar-refractivity contribution in [1.82, 2.24) is 4.98 Å². The lowest BCUT2D eigenvalue weighted by molar-refractivity contribution is -0.137. The lowest BCUT2D eigenvalue weighted by Crippen LogP contribution is -2.09. The van der Waals surface area contributed by atoms with Crippen molar-refractivity contribution in [2.75, 3.05) is 0 Å². The van der Waals surface area contributed by atoms with E-state index in [4.69, 9.17) is 0 Å². The summed E-state index contributed by atoms with van der Waals surface area (Å²) in [5.74, 6) is 0. The molecule has 0 N–H and O–H groups in total. The van der Waals surface area contributed by atoms with Gasteiger partial charge in [-0.15, -0.1) is 0 Å². The quantitative estimate of drug-likeness (QED) is 0.348. The summed E-state index contributed by atoms with van der Waals surface area (Å²) in [5, 5.41) is 2.19. The number of pyridine rings is 1. The van der Waals surface area contributed by atoms with Crippen molar-refractivity contribution >= 4 is 21.7 Å². The molecule has 4 heteroatoms. The molecule has 0 saturated carbocycles. The zero-order chi connectivity index (χ0) is 18.5. The van der Waals surface area contributed by atoms with Crippen molar-refractivity contribution in [1.29, 1.82) is 0 Å². The highest BCUT2D eigenvalue weighted by Crippen LogP contribution is 2.39.